The molecule has 1 aromatic rings. The topological polar surface area (TPSA) is 105 Å². The highest BCUT2D eigenvalue weighted by molar-refractivity contribution is 5.78. The molecule has 1 amide bonds. The first-order chi connectivity index (χ1) is 9.73. The molecule has 0 aliphatic rings. The zero-order valence-electron chi connectivity index (χ0n) is 13.0. The van der Waals surface area contributed by atoms with Crippen molar-refractivity contribution in [3.05, 3.63) is 11.7 Å². The van der Waals surface area contributed by atoms with Gasteiger partial charge in [0.25, 0.3) is 0 Å². The molecule has 0 radical (unpaired) electrons. The number of aliphatic carboxylic acids is 1. The normalized spacial score (nSPS) is 14.0. The molecule has 2 N–H and O–H groups in total. The van der Waals surface area contributed by atoms with Gasteiger partial charge in [-0.1, -0.05) is 19.0 Å². The molecule has 0 aliphatic carbocycles. The van der Waals surface area contributed by atoms with Crippen LogP contribution in [0, 0.1) is 12.8 Å². The minimum Gasteiger partial charge on any atom is -0.481 e. The van der Waals surface area contributed by atoms with Gasteiger partial charge in [0.15, 0.2) is 5.82 Å². The maximum atomic E-state index is 12.0. The summed E-state index contributed by atoms with van der Waals surface area (Å²) in [4.78, 5) is 27.0. The lowest BCUT2D eigenvalue weighted by atomic mass is 9.85. The van der Waals surface area contributed by atoms with E-state index in [-0.39, 0.29) is 18.2 Å². The molecule has 21 heavy (non-hydrogen) atoms. The molecule has 1 atom stereocenters. The summed E-state index contributed by atoms with van der Waals surface area (Å²) in [6.07, 6.45) is 1.31. The van der Waals surface area contributed by atoms with Crippen LogP contribution in [0.25, 0.3) is 0 Å². The van der Waals surface area contributed by atoms with Crippen molar-refractivity contribution in [1.29, 1.82) is 0 Å². The maximum Gasteiger partial charge on any atom is 0.305 e. The van der Waals surface area contributed by atoms with Crippen molar-refractivity contribution in [2.24, 2.45) is 5.92 Å². The fourth-order valence-corrected chi connectivity index (χ4v) is 1.93. The fraction of sp³-hybridized carbons (Fsp3) is 0.714. The average molecular weight is 297 g/mol. The van der Waals surface area contributed by atoms with E-state index in [0.29, 0.717) is 31.0 Å². The number of carbonyl (C=O) groups excluding carboxylic acids is 1. The Labute approximate surface area is 124 Å². The molecule has 0 saturated heterocycles. The van der Waals surface area contributed by atoms with E-state index < -0.39 is 11.5 Å². The number of rotatable bonds is 8. The fourth-order valence-electron chi connectivity index (χ4n) is 1.93. The maximum absolute atomic E-state index is 12.0. The first-order valence-corrected chi connectivity index (χ1v) is 7.05. The van der Waals surface area contributed by atoms with E-state index in [0.717, 1.165) is 0 Å². The Morgan fingerprint density at radius 1 is 1.43 bits per heavy atom. The van der Waals surface area contributed by atoms with Gasteiger partial charge in [-0.05, 0) is 26.2 Å². The molecular weight excluding hydrogens is 274 g/mol. The molecule has 0 saturated carbocycles. The summed E-state index contributed by atoms with van der Waals surface area (Å²) in [5.74, 6) is 0.0217. The zero-order chi connectivity index (χ0) is 16.0. The van der Waals surface area contributed by atoms with E-state index >= 15 is 0 Å². The molecule has 0 aliphatic heterocycles. The molecule has 118 valence electrons. The highest BCUT2D eigenvalue weighted by Crippen LogP contribution is 2.21. The second-order valence-electron chi connectivity index (χ2n) is 5.78. The molecule has 1 unspecified atom stereocenters. The second-order valence-corrected chi connectivity index (χ2v) is 5.78. The van der Waals surface area contributed by atoms with E-state index in [1.54, 1.807) is 13.8 Å². The number of aryl methyl sites for hydroxylation is 2. The molecule has 0 fully saturated rings. The summed E-state index contributed by atoms with van der Waals surface area (Å²) in [5.41, 5.74) is -0.746. The van der Waals surface area contributed by atoms with Crippen LogP contribution in [0.15, 0.2) is 4.52 Å². The Balaban J connectivity index is 2.45. The van der Waals surface area contributed by atoms with Gasteiger partial charge in [-0.15, -0.1) is 0 Å². The molecule has 1 rings (SSSR count). The first kappa shape index (κ1) is 17.1. The Morgan fingerprint density at radius 3 is 2.57 bits per heavy atom. The monoisotopic (exact) mass is 297 g/mol. The summed E-state index contributed by atoms with van der Waals surface area (Å²) in [6.45, 7) is 7.28. The Morgan fingerprint density at radius 2 is 2.10 bits per heavy atom. The molecule has 7 heteroatoms. The largest absolute Gasteiger partial charge is 0.481 e. The first-order valence-electron chi connectivity index (χ1n) is 7.05. The number of aromatic nitrogens is 2. The van der Waals surface area contributed by atoms with Gasteiger partial charge in [-0.2, -0.15) is 4.98 Å². The highest BCUT2D eigenvalue weighted by atomic mass is 16.5. The van der Waals surface area contributed by atoms with Crippen molar-refractivity contribution < 1.29 is 19.2 Å². The summed E-state index contributed by atoms with van der Waals surface area (Å²) in [7, 11) is 0. The van der Waals surface area contributed by atoms with Gasteiger partial charge < -0.3 is 14.9 Å². The zero-order valence-corrected chi connectivity index (χ0v) is 13.0. The number of amides is 1. The molecule has 1 aromatic heterocycles. The third-order valence-electron chi connectivity index (χ3n) is 3.58. The lowest BCUT2D eigenvalue weighted by molar-refractivity contribution is -0.139. The SMILES string of the molecule is Cc1noc(CCCC(=O)NC(C)(CC(=O)O)C(C)C)n1. The third-order valence-corrected chi connectivity index (χ3v) is 3.58. The van der Waals surface area contributed by atoms with Crippen molar-refractivity contribution >= 4 is 11.9 Å². The quantitative estimate of drug-likeness (QED) is 0.756. The van der Waals surface area contributed by atoms with Gasteiger partial charge in [-0.25, -0.2) is 0 Å². The predicted octanol–water partition coefficient (Wildman–Crippen LogP) is 1.71. The van der Waals surface area contributed by atoms with Crippen LogP contribution < -0.4 is 5.32 Å². The summed E-state index contributed by atoms with van der Waals surface area (Å²) >= 11 is 0. The molecule has 7 nitrogen and oxygen atoms in total. The number of carbonyl (C=O) groups is 2. The number of nitrogens with zero attached hydrogens (tertiary/aromatic N) is 2. The van der Waals surface area contributed by atoms with Gasteiger partial charge in [0.05, 0.1) is 6.42 Å². The van der Waals surface area contributed by atoms with Crippen LogP contribution in [0.3, 0.4) is 0 Å². The number of carboxylic acids is 1. The molecule has 0 spiro atoms. The van der Waals surface area contributed by atoms with Crippen molar-refractivity contribution in [2.75, 3.05) is 0 Å². The summed E-state index contributed by atoms with van der Waals surface area (Å²) in [5, 5.41) is 15.5. The number of nitrogens with one attached hydrogen (secondary N) is 1. The number of hydrogen-bond donors (Lipinski definition) is 2. The van der Waals surface area contributed by atoms with Crippen LogP contribution in [0.1, 0.15) is 51.7 Å². The highest BCUT2D eigenvalue weighted by Gasteiger charge is 2.32. The van der Waals surface area contributed by atoms with E-state index in [9.17, 15) is 9.59 Å². The van der Waals surface area contributed by atoms with Gasteiger partial charge in [0.2, 0.25) is 11.8 Å². The van der Waals surface area contributed by atoms with Gasteiger partial charge in [-0.3, -0.25) is 9.59 Å². The smallest absolute Gasteiger partial charge is 0.305 e. The summed E-state index contributed by atoms with van der Waals surface area (Å²) < 4.78 is 4.97. The standard InChI is InChI=1S/C14H23N3O4/c1-9(2)14(4,8-13(19)20)16-11(18)6-5-7-12-15-10(3)17-21-12/h9H,5-8H2,1-4H3,(H,16,18)(H,19,20). The minimum atomic E-state index is -0.923. The van der Waals surface area contributed by atoms with E-state index in [2.05, 4.69) is 15.5 Å². The number of carboxylic acid groups (broad SMARTS) is 1. The second kappa shape index (κ2) is 7.19. The van der Waals surface area contributed by atoms with E-state index in [1.165, 1.54) is 0 Å². The van der Waals surface area contributed by atoms with Crippen molar-refractivity contribution in [3.8, 4) is 0 Å². The average Bonchev–Trinajstić information content (AvgIpc) is 2.73. The van der Waals surface area contributed by atoms with E-state index in [1.807, 2.05) is 13.8 Å². The van der Waals surface area contributed by atoms with Crippen LogP contribution in [0.5, 0.6) is 0 Å². The van der Waals surface area contributed by atoms with E-state index in [4.69, 9.17) is 9.63 Å². The Bertz CT molecular complexity index is 498. The lowest BCUT2D eigenvalue weighted by Crippen LogP contribution is -2.51. The molecule has 1 heterocycles. The van der Waals surface area contributed by atoms with Crippen molar-refractivity contribution in [2.45, 2.75) is 58.9 Å². The van der Waals surface area contributed by atoms with Crippen LogP contribution in [-0.2, 0) is 16.0 Å². The molecule has 0 bridgehead atoms. The Hall–Kier alpha value is -1.92. The summed E-state index contributed by atoms with van der Waals surface area (Å²) in [6, 6.07) is 0. The van der Waals surface area contributed by atoms with Crippen LogP contribution in [0.4, 0.5) is 0 Å². The predicted molar refractivity (Wildman–Crippen MR) is 75.6 cm³/mol. The van der Waals surface area contributed by atoms with Crippen LogP contribution >= 0.6 is 0 Å². The molecule has 0 aromatic carbocycles. The van der Waals surface area contributed by atoms with Gasteiger partial charge in [0, 0.05) is 18.4 Å². The van der Waals surface area contributed by atoms with Gasteiger partial charge in [0.1, 0.15) is 0 Å². The minimum absolute atomic E-state index is 0.0242. The van der Waals surface area contributed by atoms with Crippen molar-refractivity contribution in [1.82, 2.24) is 15.5 Å². The van der Waals surface area contributed by atoms with Gasteiger partial charge >= 0.3 is 5.97 Å². The Kier molecular flexibility index (Phi) is 5.87. The number of hydrogen-bond acceptors (Lipinski definition) is 5. The van der Waals surface area contributed by atoms with Crippen LogP contribution in [0.2, 0.25) is 0 Å². The molecular formula is C14H23N3O4. The van der Waals surface area contributed by atoms with Crippen LogP contribution in [-0.4, -0.2) is 32.7 Å². The van der Waals surface area contributed by atoms with Crippen molar-refractivity contribution in [3.63, 3.8) is 0 Å². The third kappa shape index (κ3) is 5.53. The lowest BCUT2D eigenvalue weighted by Gasteiger charge is -2.33.